The van der Waals surface area contributed by atoms with Gasteiger partial charge >= 0.3 is 0 Å². The second-order valence-electron chi connectivity index (χ2n) is 8.08. The zero-order chi connectivity index (χ0) is 26.0. The lowest BCUT2D eigenvalue weighted by Gasteiger charge is -2.31. The predicted octanol–water partition coefficient (Wildman–Crippen LogP) is 3.32. The highest BCUT2D eigenvalue weighted by atomic mass is 32.2. The number of para-hydroxylation sites is 2. The molecule has 2 aromatic rings. The van der Waals surface area contributed by atoms with Crippen LogP contribution in [0.25, 0.3) is 0 Å². The van der Waals surface area contributed by atoms with Crippen LogP contribution >= 0.6 is 0 Å². The summed E-state index contributed by atoms with van der Waals surface area (Å²) in [6.45, 7) is 4.24. The number of carbonyl (C=O) groups excluding carboxylic acids is 2. The minimum atomic E-state index is -3.63. The summed E-state index contributed by atoms with van der Waals surface area (Å²) < 4.78 is 44.9. The van der Waals surface area contributed by atoms with Gasteiger partial charge in [-0.2, -0.15) is 0 Å². The number of sulfonamides is 1. The Hall–Kier alpha value is -3.14. The molecule has 2 aromatic carbocycles. The Kier molecular flexibility index (Phi) is 10.5. The second kappa shape index (κ2) is 13.1. The van der Waals surface area contributed by atoms with E-state index in [1.54, 1.807) is 43.3 Å². The van der Waals surface area contributed by atoms with Crippen LogP contribution in [0.3, 0.4) is 0 Å². The van der Waals surface area contributed by atoms with E-state index in [1.165, 1.54) is 28.4 Å². The number of likely N-dealkylation sites (N-methyl/N-ethyl adjacent to an activating group) is 1. The van der Waals surface area contributed by atoms with E-state index >= 15 is 0 Å². The van der Waals surface area contributed by atoms with E-state index in [9.17, 15) is 22.4 Å². The van der Waals surface area contributed by atoms with Gasteiger partial charge in [0.1, 0.15) is 17.6 Å². The molecule has 0 saturated carbocycles. The molecule has 1 unspecified atom stereocenters. The van der Waals surface area contributed by atoms with Crippen LogP contribution in [0.1, 0.15) is 38.7 Å². The summed E-state index contributed by atoms with van der Waals surface area (Å²) in [5.74, 6) is -0.540. The van der Waals surface area contributed by atoms with Gasteiger partial charge in [0.15, 0.2) is 0 Å². The molecule has 35 heavy (non-hydrogen) atoms. The molecule has 0 spiro atoms. The number of methoxy groups -OCH3 is 1. The number of benzene rings is 2. The maximum absolute atomic E-state index is 13.4. The number of carbonyl (C=O) groups is 2. The number of anilines is 1. The van der Waals surface area contributed by atoms with Gasteiger partial charge in [-0.05, 0) is 49.6 Å². The van der Waals surface area contributed by atoms with Crippen molar-refractivity contribution in [3.8, 4) is 5.75 Å². The topological polar surface area (TPSA) is 96.0 Å². The number of nitrogens with one attached hydrogen (secondary N) is 1. The van der Waals surface area contributed by atoms with Gasteiger partial charge < -0.3 is 15.0 Å². The molecule has 8 nitrogen and oxygen atoms in total. The van der Waals surface area contributed by atoms with Crippen molar-refractivity contribution in [3.63, 3.8) is 0 Å². The van der Waals surface area contributed by atoms with E-state index in [0.29, 0.717) is 30.0 Å². The molecule has 192 valence electrons. The van der Waals surface area contributed by atoms with Crippen LogP contribution in [0.2, 0.25) is 0 Å². The number of rotatable bonds is 13. The maximum Gasteiger partial charge on any atom is 0.242 e. The van der Waals surface area contributed by atoms with Crippen LogP contribution < -0.4 is 14.4 Å². The molecule has 1 N–H and O–H groups in total. The van der Waals surface area contributed by atoms with Crippen molar-refractivity contribution in [2.75, 3.05) is 30.8 Å². The quantitative estimate of drug-likeness (QED) is 0.449. The molecule has 10 heteroatoms. The molecule has 0 heterocycles. The molecule has 0 bridgehead atoms. The standard InChI is InChI=1S/C25H34FN3O5S/c1-5-21(25(31)27-6-2)28(18-19-13-15-20(26)16-14-19)24(30)12-9-17-29(35(4,32)33)22-10-7-8-11-23(22)34-3/h7-8,10-11,13-16,21H,5-6,9,12,17-18H2,1-4H3,(H,27,31). The number of amides is 2. The summed E-state index contributed by atoms with van der Waals surface area (Å²) in [4.78, 5) is 27.4. The Labute approximate surface area is 207 Å². The maximum atomic E-state index is 13.4. The van der Waals surface area contributed by atoms with E-state index in [1.807, 2.05) is 6.92 Å². The van der Waals surface area contributed by atoms with Crippen LogP contribution in [0.4, 0.5) is 10.1 Å². The first-order chi connectivity index (χ1) is 16.6. The van der Waals surface area contributed by atoms with Crippen LogP contribution in [0, 0.1) is 5.82 Å². The van der Waals surface area contributed by atoms with Crippen molar-refractivity contribution < 1.29 is 27.1 Å². The van der Waals surface area contributed by atoms with Crippen molar-refractivity contribution in [1.29, 1.82) is 0 Å². The Morgan fingerprint density at radius 2 is 1.74 bits per heavy atom. The lowest BCUT2D eigenvalue weighted by Crippen LogP contribution is -2.49. The predicted molar refractivity (Wildman–Crippen MR) is 134 cm³/mol. The lowest BCUT2D eigenvalue weighted by molar-refractivity contribution is -0.141. The highest BCUT2D eigenvalue weighted by Crippen LogP contribution is 2.29. The van der Waals surface area contributed by atoms with Crippen LogP contribution in [0.5, 0.6) is 5.75 Å². The highest BCUT2D eigenvalue weighted by Gasteiger charge is 2.29. The van der Waals surface area contributed by atoms with Gasteiger partial charge in [0.25, 0.3) is 0 Å². The number of nitrogens with zero attached hydrogens (tertiary/aromatic N) is 2. The molecule has 1 atom stereocenters. The second-order valence-corrected chi connectivity index (χ2v) is 9.98. The molecule has 0 aliphatic rings. The minimum absolute atomic E-state index is 0.0261. The summed E-state index contributed by atoms with van der Waals surface area (Å²) in [6, 6.07) is 11.8. The van der Waals surface area contributed by atoms with Gasteiger partial charge in [-0.25, -0.2) is 12.8 Å². The molecule has 0 aromatic heterocycles. The zero-order valence-electron chi connectivity index (χ0n) is 20.7. The molecular weight excluding hydrogens is 473 g/mol. The fourth-order valence-electron chi connectivity index (χ4n) is 3.82. The third-order valence-electron chi connectivity index (χ3n) is 5.51. The van der Waals surface area contributed by atoms with Crippen molar-refractivity contribution in [1.82, 2.24) is 10.2 Å². The van der Waals surface area contributed by atoms with Crippen LogP contribution in [-0.4, -0.2) is 57.6 Å². The van der Waals surface area contributed by atoms with E-state index in [-0.39, 0.29) is 43.6 Å². The van der Waals surface area contributed by atoms with Gasteiger partial charge in [-0.1, -0.05) is 31.2 Å². The van der Waals surface area contributed by atoms with Crippen molar-refractivity contribution in [2.24, 2.45) is 0 Å². The molecule has 0 fully saturated rings. The molecule has 2 rings (SSSR count). The van der Waals surface area contributed by atoms with Gasteiger partial charge in [0.05, 0.1) is 19.1 Å². The lowest BCUT2D eigenvalue weighted by atomic mass is 10.1. The zero-order valence-corrected chi connectivity index (χ0v) is 21.5. The van der Waals surface area contributed by atoms with E-state index in [4.69, 9.17) is 4.74 Å². The monoisotopic (exact) mass is 507 g/mol. The summed E-state index contributed by atoms with van der Waals surface area (Å²) >= 11 is 0. The average Bonchev–Trinajstić information content (AvgIpc) is 2.82. The summed E-state index contributed by atoms with van der Waals surface area (Å²) in [5.41, 5.74) is 1.08. The van der Waals surface area contributed by atoms with E-state index < -0.39 is 16.1 Å². The van der Waals surface area contributed by atoms with Gasteiger partial charge in [-0.3, -0.25) is 13.9 Å². The van der Waals surface area contributed by atoms with Crippen molar-refractivity contribution >= 4 is 27.5 Å². The summed E-state index contributed by atoms with van der Waals surface area (Å²) in [6.07, 6.45) is 1.76. The third-order valence-corrected chi connectivity index (χ3v) is 6.69. The number of hydrogen-bond donors (Lipinski definition) is 1. The normalized spacial score (nSPS) is 12.0. The summed E-state index contributed by atoms with van der Waals surface area (Å²) in [7, 11) is -2.17. The van der Waals surface area contributed by atoms with Gasteiger partial charge in [0.2, 0.25) is 21.8 Å². The van der Waals surface area contributed by atoms with Gasteiger partial charge in [0, 0.05) is 26.1 Å². The summed E-state index contributed by atoms with van der Waals surface area (Å²) in [5, 5.41) is 2.76. The smallest absolute Gasteiger partial charge is 0.242 e. The Morgan fingerprint density at radius 1 is 1.09 bits per heavy atom. The Bertz CT molecular complexity index is 1090. The molecule has 2 amide bonds. The largest absolute Gasteiger partial charge is 0.495 e. The molecule has 0 aliphatic heterocycles. The number of ether oxygens (including phenoxy) is 1. The SMILES string of the molecule is CCNC(=O)C(CC)N(Cc1ccc(F)cc1)C(=O)CCCN(c1ccccc1OC)S(C)(=O)=O. The molecule has 0 aliphatic carbocycles. The van der Waals surface area contributed by atoms with E-state index in [2.05, 4.69) is 5.32 Å². The van der Waals surface area contributed by atoms with E-state index in [0.717, 1.165) is 6.26 Å². The number of hydrogen-bond acceptors (Lipinski definition) is 5. The Morgan fingerprint density at radius 3 is 2.31 bits per heavy atom. The Balaban J connectivity index is 2.22. The first-order valence-electron chi connectivity index (χ1n) is 11.5. The number of halogens is 1. The fraction of sp³-hybridized carbons (Fsp3) is 0.440. The first kappa shape index (κ1) is 28.1. The molecule has 0 saturated heterocycles. The van der Waals surface area contributed by atoms with Crippen molar-refractivity contribution in [3.05, 3.63) is 59.9 Å². The van der Waals surface area contributed by atoms with Crippen molar-refractivity contribution in [2.45, 2.75) is 45.7 Å². The van der Waals surface area contributed by atoms with Crippen LogP contribution in [-0.2, 0) is 26.2 Å². The molecular formula is C25H34FN3O5S. The highest BCUT2D eigenvalue weighted by molar-refractivity contribution is 7.92. The van der Waals surface area contributed by atoms with Gasteiger partial charge in [-0.15, -0.1) is 0 Å². The fourth-order valence-corrected chi connectivity index (χ4v) is 4.79. The van der Waals surface area contributed by atoms with Crippen LogP contribution in [0.15, 0.2) is 48.5 Å². The first-order valence-corrected chi connectivity index (χ1v) is 13.4. The molecule has 0 radical (unpaired) electrons. The average molecular weight is 508 g/mol. The third kappa shape index (κ3) is 7.95. The minimum Gasteiger partial charge on any atom is -0.495 e.